The van der Waals surface area contributed by atoms with Crippen LogP contribution in [0.15, 0.2) is 0 Å². The van der Waals surface area contributed by atoms with Gasteiger partial charge in [0.25, 0.3) is 0 Å². The van der Waals surface area contributed by atoms with Crippen molar-refractivity contribution in [3.8, 4) is 0 Å². The van der Waals surface area contributed by atoms with Crippen LogP contribution in [0.25, 0.3) is 0 Å². The molecule has 6 nitrogen and oxygen atoms in total. The van der Waals surface area contributed by atoms with Gasteiger partial charge < -0.3 is 20.9 Å². The molecule has 104 valence electrons. The lowest BCUT2D eigenvalue weighted by molar-refractivity contribution is -0.144. The van der Waals surface area contributed by atoms with Gasteiger partial charge >= 0.3 is 5.97 Å². The number of carboxylic acid groups (broad SMARTS) is 1. The zero-order chi connectivity index (χ0) is 13.4. The van der Waals surface area contributed by atoms with Crippen molar-refractivity contribution in [2.45, 2.75) is 38.1 Å². The largest absolute Gasteiger partial charge is 0.480 e. The number of carbonyl (C=O) groups excluding carboxylic acids is 1. The maximum atomic E-state index is 11.5. The van der Waals surface area contributed by atoms with Gasteiger partial charge in [-0.15, -0.1) is 0 Å². The number of carboxylic acids is 1. The summed E-state index contributed by atoms with van der Waals surface area (Å²) in [6.07, 6.45) is 4.94. The third-order valence-electron chi connectivity index (χ3n) is 3.20. The third kappa shape index (κ3) is 5.01. The highest BCUT2D eigenvalue weighted by atomic mass is 16.5. The van der Waals surface area contributed by atoms with Gasteiger partial charge in [-0.25, -0.2) is 4.79 Å². The minimum absolute atomic E-state index is 0.0368. The van der Waals surface area contributed by atoms with Crippen LogP contribution in [0.3, 0.4) is 0 Å². The first-order valence-corrected chi connectivity index (χ1v) is 6.45. The highest BCUT2D eigenvalue weighted by molar-refractivity contribution is 5.84. The summed E-state index contributed by atoms with van der Waals surface area (Å²) in [4.78, 5) is 22.7. The lowest BCUT2D eigenvalue weighted by Gasteiger charge is -2.27. The Hall–Kier alpha value is -1.14. The molecule has 0 spiro atoms. The molecular weight excluding hydrogens is 236 g/mol. The van der Waals surface area contributed by atoms with E-state index in [1.807, 2.05) is 0 Å². The molecule has 1 fully saturated rings. The molecule has 0 aromatic heterocycles. The van der Waals surface area contributed by atoms with Crippen molar-refractivity contribution in [2.75, 3.05) is 19.8 Å². The molecule has 0 radical (unpaired) electrons. The fourth-order valence-corrected chi connectivity index (χ4v) is 2.31. The van der Waals surface area contributed by atoms with E-state index in [9.17, 15) is 14.7 Å². The lowest BCUT2D eigenvalue weighted by Crippen LogP contribution is -2.47. The number of rotatable bonds is 7. The third-order valence-corrected chi connectivity index (χ3v) is 3.20. The average Bonchev–Trinajstić information content (AvgIpc) is 2.37. The molecule has 1 atom stereocenters. The Labute approximate surface area is 107 Å². The molecule has 1 amide bonds. The predicted octanol–water partition coefficient (Wildman–Crippen LogP) is 0.111. The first-order chi connectivity index (χ1) is 8.65. The fourth-order valence-electron chi connectivity index (χ4n) is 2.31. The summed E-state index contributed by atoms with van der Waals surface area (Å²) in [7, 11) is 0. The molecule has 0 heterocycles. The van der Waals surface area contributed by atoms with E-state index in [-0.39, 0.29) is 18.4 Å². The minimum atomic E-state index is -0.964. The van der Waals surface area contributed by atoms with Crippen LogP contribution in [0.5, 0.6) is 0 Å². The van der Waals surface area contributed by atoms with Gasteiger partial charge in [0.2, 0.25) is 5.91 Å². The van der Waals surface area contributed by atoms with Crippen LogP contribution in [0.1, 0.15) is 32.1 Å². The SMILES string of the molecule is NCCOCC(=O)NC(C(=O)O)C1CCCCC1. The lowest BCUT2D eigenvalue weighted by atomic mass is 9.84. The number of hydrogen-bond acceptors (Lipinski definition) is 4. The van der Waals surface area contributed by atoms with Gasteiger partial charge in [-0.3, -0.25) is 4.79 Å². The van der Waals surface area contributed by atoms with Crippen LogP contribution >= 0.6 is 0 Å². The molecule has 1 aliphatic rings. The maximum Gasteiger partial charge on any atom is 0.326 e. The van der Waals surface area contributed by atoms with Crippen molar-refractivity contribution in [1.82, 2.24) is 5.32 Å². The van der Waals surface area contributed by atoms with Crippen molar-refractivity contribution in [2.24, 2.45) is 11.7 Å². The fraction of sp³-hybridized carbons (Fsp3) is 0.833. The molecule has 18 heavy (non-hydrogen) atoms. The van der Waals surface area contributed by atoms with Crippen LogP contribution in [0.2, 0.25) is 0 Å². The quantitative estimate of drug-likeness (QED) is 0.563. The summed E-state index contributed by atoms with van der Waals surface area (Å²) >= 11 is 0. The molecule has 1 unspecified atom stereocenters. The molecular formula is C12H22N2O4. The van der Waals surface area contributed by atoms with E-state index in [0.29, 0.717) is 13.2 Å². The maximum absolute atomic E-state index is 11.5. The summed E-state index contributed by atoms with van der Waals surface area (Å²) in [5, 5.41) is 11.7. The van der Waals surface area contributed by atoms with Crippen LogP contribution < -0.4 is 11.1 Å². The van der Waals surface area contributed by atoms with E-state index in [4.69, 9.17) is 10.5 Å². The number of nitrogens with one attached hydrogen (secondary N) is 1. The van der Waals surface area contributed by atoms with Gasteiger partial charge in [0.05, 0.1) is 6.61 Å². The Kier molecular flexibility index (Phi) is 6.67. The van der Waals surface area contributed by atoms with E-state index in [2.05, 4.69) is 5.32 Å². The topological polar surface area (TPSA) is 102 Å². The normalized spacial score (nSPS) is 18.3. The monoisotopic (exact) mass is 258 g/mol. The first-order valence-electron chi connectivity index (χ1n) is 6.45. The summed E-state index contributed by atoms with van der Waals surface area (Å²) in [5.41, 5.74) is 5.23. The zero-order valence-electron chi connectivity index (χ0n) is 10.6. The van der Waals surface area contributed by atoms with Crippen molar-refractivity contribution < 1.29 is 19.4 Å². The number of nitrogens with two attached hydrogens (primary N) is 1. The van der Waals surface area contributed by atoms with Crippen molar-refractivity contribution >= 4 is 11.9 Å². The van der Waals surface area contributed by atoms with Gasteiger partial charge in [-0.2, -0.15) is 0 Å². The van der Waals surface area contributed by atoms with Crippen LogP contribution in [0, 0.1) is 5.92 Å². The Morgan fingerprint density at radius 3 is 2.56 bits per heavy atom. The molecule has 0 aromatic rings. The number of aliphatic carboxylic acids is 1. The standard InChI is InChI=1S/C12H22N2O4/c13-6-7-18-8-10(15)14-11(12(16)17)9-4-2-1-3-5-9/h9,11H,1-8,13H2,(H,14,15)(H,16,17). The number of hydrogen-bond donors (Lipinski definition) is 3. The second-order valence-corrected chi connectivity index (χ2v) is 4.62. The predicted molar refractivity (Wildman–Crippen MR) is 66.0 cm³/mol. The Balaban J connectivity index is 2.41. The Morgan fingerprint density at radius 2 is 2.00 bits per heavy atom. The summed E-state index contributed by atoms with van der Waals surface area (Å²) < 4.78 is 4.98. The molecule has 4 N–H and O–H groups in total. The Bertz CT molecular complexity index is 277. The van der Waals surface area contributed by atoms with Crippen molar-refractivity contribution in [1.29, 1.82) is 0 Å². The first kappa shape index (κ1) is 14.9. The molecule has 1 rings (SSSR count). The molecule has 1 saturated carbocycles. The molecule has 0 aliphatic heterocycles. The smallest absolute Gasteiger partial charge is 0.326 e. The van der Waals surface area contributed by atoms with E-state index in [1.165, 1.54) is 0 Å². The van der Waals surface area contributed by atoms with Crippen molar-refractivity contribution in [3.63, 3.8) is 0 Å². The Morgan fingerprint density at radius 1 is 1.33 bits per heavy atom. The molecule has 6 heteroatoms. The second-order valence-electron chi connectivity index (χ2n) is 4.62. The van der Waals surface area contributed by atoms with Crippen LogP contribution in [-0.2, 0) is 14.3 Å². The van der Waals surface area contributed by atoms with Gasteiger partial charge in [-0.05, 0) is 18.8 Å². The minimum Gasteiger partial charge on any atom is -0.480 e. The zero-order valence-corrected chi connectivity index (χ0v) is 10.6. The van der Waals surface area contributed by atoms with Crippen LogP contribution in [0.4, 0.5) is 0 Å². The van der Waals surface area contributed by atoms with E-state index in [1.54, 1.807) is 0 Å². The van der Waals surface area contributed by atoms with Gasteiger partial charge in [0.15, 0.2) is 0 Å². The second kappa shape index (κ2) is 8.05. The van der Waals surface area contributed by atoms with Gasteiger partial charge in [-0.1, -0.05) is 19.3 Å². The highest BCUT2D eigenvalue weighted by Crippen LogP contribution is 2.26. The van der Waals surface area contributed by atoms with E-state index in [0.717, 1.165) is 32.1 Å². The molecule has 0 saturated heterocycles. The molecule has 1 aliphatic carbocycles. The molecule has 0 bridgehead atoms. The van der Waals surface area contributed by atoms with E-state index >= 15 is 0 Å². The molecule has 0 aromatic carbocycles. The highest BCUT2D eigenvalue weighted by Gasteiger charge is 2.30. The number of carbonyl (C=O) groups is 2. The summed E-state index contributed by atoms with van der Waals surface area (Å²) in [6.45, 7) is 0.514. The van der Waals surface area contributed by atoms with Crippen molar-refractivity contribution in [3.05, 3.63) is 0 Å². The summed E-state index contributed by atoms with van der Waals surface area (Å²) in [6, 6.07) is -0.792. The van der Waals surface area contributed by atoms with Crippen LogP contribution in [-0.4, -0.2) is 42.8 Å². The number of amides is 1. The van der Waals surface area contributed by atoms with Gasteiger partial charge in [0.1, 0.15) is 12.6 Å². The van der Waals surface area contributed by atoms with Gasteiger partial charge in [0, 0.05) is 6.54 Å². The summed E-state index contributed by atoms with van der Waals surface area (Å²) in [5.74, 6) is -1.31. The van der Waals surface area contributed by atoms with E-state index < -0.39 is 12.0 Å². The average molecular weight is 258 g/mol. The number of ether oxygens (including phenoxy) is 1.